The molecule has 0 spiro atoms. The van der Waals surface area contributed by atoms with Crippen molar-refractivity contribution in [3.05, 3.63) is 69.7 Å². The predicted octanol–water partition coefficient (Wildman–Crippen LogP) is 5.92. The molecule has 0 unspecified atom stereocenters. The number of hydrogen-bond donors (Lipinski definition) is 0. The van der Waals surface area contributed by atoms with Crippen LogP contribution in [0, 0.1) is 11.6 Å². The molecule has 2 aromatic rings. The van der Waals surface area contributed by atoms with Crippen molar-refractivity contribution in [2.45, 2.75) is 44.0 Å². The molecule has 0 N–H and O–H groups in total. The van der Waals surface area contributed by atoms with Gasteiger partial charge in [-0.05, 0) is 54.4 Å². The molecular weight excluding hydrogens is 549 g/mol. The molecule has 12 heteroatoms. The summed E-state index contributed by atoms with van der Waals surface area (Å²) in [5, 5.41) is 0. The molecule has 2 aromatic carbocycles. The van der Waals surface area contributed by atoms with E-state index in [0.717, 1.165) is 30.3 Å². The zero-order valence-electron chi connectivity index (χ0n) is 18.3. The number of alkyl halides is 3. The molecule has 0 radical (unpaired) electrons. The van der Waals surface area contributed by atoms with Crippen LogP contribution in [0.15, 0.2) is 46.3 Å². The summed E-state index contributed by atoms with van der Waals surface area (Å²) in [6.07, 6.45) is -3.88. The maximum atomic E-state index is 14.8. The van der Waals surface area contributed by atoms with Gasteiger partial charge in [-0.15, -0.1) is 0 Å². The van der Waals surface area contributed by atoms with Crippen LogP contribution in [0.2, 0.25) is 0 Å². The van der Waals surface area contributed by atoms with Crippen molar-refractivity contribution in [3.8, 4) is 0 Å². The summed E-state index contributed by atoms with van der Waals surface area (Å²) in [7, 11) is -5.05. The predicted molar refractivity (Wildman–Crippen MR) is 119 cm³/mol. The molecule has 0 saturated carbocycles. The summed E-state index contributed by atoms with van der Waals surface area (Å²) in [4.78, 5) is 11.2. The normalized spacial score (nSPS) is 12.6. The number of ether oxygens (including phenoxy) is 1. The van der Waals surface area contributed by atoms with Crippen molar-refractivity contribution < 1.29 is 39.9 Å². The Morgan fingerprint density at radius 3 is 2.26 bits per heavy atom. The Labute approximate surface area is 202 Å². The van der Waals surface area contributed by atoms with Crippen LogP contribution in [0.3, 0.4) is 0 Å². The highest BCUT2D eigenvalue weighted by Crippen LogP contribution is 2.35. The minimum absolute atomic E-state index is 0.307. The molecule has 5 nitrogen and oxygen atoms in total. The number of carbonyl (C=O) groups excluding carboxylic acids is 1. The van der Waals surface area contributed by atoms with Crippen LogP contribution < -0.4 is 0 Å². The van der Waals surface area contributed by atoms with Crippen molar-refractivity contribution in [2.75, 3.05) is 6.54 Å². The average Bonchev–Trinajstić information content (AvgIpc) is 2.68. The fourth-order valence-electron chi connectivity index (χ4n) is 2.98. The largest absolute Gasteiger partial charge is 0.459 e. The fraction of sp³-hybridized carbons (Fsp3) is 0.318. The van der Waals surface area contributed by atoms with Gasteiger partial charge in [0.15, 0.2) is 11.6 Å². The summed E-state index contributed by atoms with van der Waals surface area (Å²) in [5.41, 5.74) is -3.03. The molecule has 0 fully saturated rings. The molecule has 34 heavy (non-hydrogen) atoms. The molecule has 0 aliphatic carbocycles. The van der Waals surface area contributed by atoms with Crippen LogP contribution in [-0.2, 0) is 32.3 Å². The van der Waals surface area contributed by atoms with Crippen molar-refractivity contribution in [1.29, 1.82) is 0 Å². The molecule has 0 aliphatic rings. The number of esters is 1. The highest BCUT2D eigenvalue weighted by atomic mass is 79.9. The van der Waals surface area contributed by atoms with Gasteiger partial charge in [0.2, 0.25) is 10.0 Å². The zero-order valence-corrected chi connectivity index (χ0v) is 20.7. The van der Waals surface area contributed by atoms with Gasteiger partial charge < -0.3 is 4.74 Å². The van der Waals surface area contributed by atoms with Gasteiger partial charge in [-0.2, -0.15) is 17.5 Å². The fourth-order valence-corrected chi connectivity index (χ4v) is 5.48. The lowest BCUT2D eigenvalue weighted by Crippen LogP contribution is -2.39. The maximum absolute atomic E-state index is 14.8. The van der Waals surface area contributed by atoms with Gasteiger partial charge in [0.1, 0.15) is 17.0 Å². The standard InChI is InChI=1S/C22H21BrF5NO4S/c1-5-13-10-16(23)20(19(25)18(13)24)34(31,32)29(12-17(30)33-21(2,3)4)11-14-8-6-7-9-15(14)22(26,27)28/h5-10H,1,11-12H2,2-4H3. The van der Waals surface area contributed by atoms with Gasteiger partial charge in [0.25, 0.3) is 0 Å². The topological polar surface area (TPSA) is 63.7 Å². The Morgan fingerprint density at radius 2 is 1.74 bits per heavy atom. The van der Waals surface area contributed by atoms with Crippen LogP contribution in [0.1, 0.15) is 37.5 Å². The quantitative estimate of drug-likeness (QED) is 0.236. The van der Waals surface area contributed by atoms with Gasteiger partial charge in [-0.1, -0.05) is 30.9 Å². The molecule has 0 amide bonds. The van der Waals surface area contributed by atoms with E-state index in [9.17, 15) is 35.2 Å². The van der Waals surface area contributed by atoms with Crippen molar-refractivity contribution >= 4 is 38.0 Å². The van der Waals surface area contributed by atoms with E-state index in [-0.39, 0.29) is 5.56 Å². The summed E-state index contributed by atoms with van der Waals surface area (Å²) in [5.74, 6) is -4.40. The van der Waals surface area contributed by atoms with Gasteiger partial charge in [-0.25, -0.2) is 17.2 Å². The second-order valence-corrected chi connectivity index (χ2v) is 10.9. The minimum Gasteiger partial charge on any atom is -0.459 e. The summed E-state index contributed by atoms with van der Waals surface area (Å²) < 4.78 is 101. The Bertz CT molecular complexity index is 1210. The van der Waals surface area contributed by atoms with Crippen LogP contribution in [0.25, 0.3) is 6.08 Å². The summed E-state index contributed by atoms with van der Waals surface area (Å²) in [6.45, 7) is 5.80. The summed E-state index contributed by atoms with van der Waals surface area (Å²) in [6, 6.07) is 5.07. The van der Waals surface area contributed by atoms with Crippen molar-refractivity contribution in [1.82, 2.24) is 4.31 Å². The lowest BCUT2D eigenvalue weighted by atomic mass is 10.1. The van der Waals surface area contributed by atoms with E-state index >= 15 is 0 Å². The van der Waals surface area contributed by atoms with Gasteiger partial charge in [0.05, 0.1) is 5.56 Å². The second kappa shape index (κ2) is 10.1. The Hall–Kier alpha value is -2.31. The smallest absolute Gasteiger partial charge is 0.416 e. The molecule has 0 aromatic heterocycles. The third kappa shape index (κ3) is 6.42. The van der Waals surface area contributed by atoms with Crippen LogP contribution in [0.5, 0.6) is 0 Å². The lowest BCUT2D eigenvalue weighted by Gasteiger charge is -2.26. The van der Waals surface area contributed by atoms with Gasteiger partial charge >= 0.3 is 12.1 Å². The number of nitrogens with zero attached hydrogens (tertiary/aromatic N) is 1. The van der Waals surface area contributed by atoms with Crippen molar-refractivity contribution in [3.63, 3.8) is 0 Å². The number of benzene rings is 2. The molecular formula is C22H21BrF5NO4S. The average molecular weight is 570 g/mol. The first-order chi connectivity index (χ1) is 15.5. The number of hydrogen-bond acceptors (Lipinski definition) is 4. The van der Waals surface area contributed by atoms with E-state index in [1.165, 1.54) is 26.8 Å². The zero-order chi connectivity index (χ0) is 26.1. The Kier molecular flexibility index (Phi) is 8.32. The van der Waals surface area contributed by atoms with Crippen LogP contribution in [-0.4, -0.2) is 30.8 Å². The number of sulfonamides is 1. The molecule has 0 atom stereocenters. The van der Waals surface area contributed by atoms with E-state index < -0.39 is 73.0 Å². The molecule has 186 valence electrons. The SMILES string of the molecule is C=Cc1cc(Br)c(S(=O)(=O)N(CC(=O)OC(C)(C)C)Cc2ccccc2C(F)(F)F)c(F)c1F. The van der Waals surface area contributed by atoms with E-state index in [1.807, 2.05) is 0 Å². The second-order valence-electron chi connectivity index (χ2n) is 8.12. The monoisotopic (exact) mass is 569 g/mol. The first-order valence-electron chi connectivity index (χ1n) is 9.66. The first-order valence-corrected chi connectivity index (χ1v) is 11.9. The van der Waals surface area contributed by atoms with Gasteiger partial charge in [0, 0.05) is 16.6 Å². The maximum Gasteiger partial charge on any atom is 0.416 e. The molecule has 0 saturated heterocycles. The van der Waals surface area contributed by atoms with Crippen LogP contribution in [0.4, 0.5) is 22.0 Å². The third-order valence-corrected chi connectivity index (χ3v) is 7.10. The van der Waals surface area contributed by atoms with Crippen LogP contribution >= 0.6 is 15.9 Å². The third-order valence-electron chi connectivity index (χ3n) is 4.36. The number of rotatable bonds is 7. The molecule has 0 bridgehead atoms. The van der Waals surface area contributed by atoms with E-state index in [0.29, 0.717) is 4.31 Å². The van der Waals surface area contributed by atoms with Crippen molar-refractivity contribution in [2.24, 2.45) is 0 Å². The molecule has 0 heterocycles. The highest BCUT2D eigenvalue weighted by molar-refractivity contribution is 9.10. The minimum atomic E-state index is -5.05. The number of halogens is 6. The molecule has 2 rings (SSSR count). The number of carbonyl (C=O) groups is 1. The Morgan fingerprint density at radius 1 is 1.15 bits per heavy atom. The van der Waals surface area contributed by atoms with E-state index in [4.69, 9.17) is 4.74 Å². The first kappa shape index (κ1) is 27.9. The lowest BCUT2D eigenvalue weighted by molar-refractivity contribution is -0.155. The molecule has 0 aliphatic heterocycles. The summed E-state index contributed by atoms with van der Waals surface area (Å²) >= 11 is 2.87. The highest BCUT2D eigenvalue weighted by Gasteiger charge is 2.38. The van der Waals surface area contributed by atoms with E-state index in [1.54, 1.807) is 0 Å². The van der Waals surface area contributed by atoms with E-state index in [2.05, 4.69) is 22.5 Å². The Balaban J connectivity index is 2.67. The van der Waals surface area contributed by atoms with Gasteiger partial charge in [-0.3, -0.25) is 4.79 Å².